The van der Waals surface area contributed by atoms with Crippen molar-refractivity contribution >= 4 is 0 Å². The average molecular weight is 149 g/mol. The third kappa shape index (κ3) is 1.47. The Hall–Kier alpha value is -0.720. The lowest BCUT2D eigenvalue weighted by Crippen LogP contribution is -2.02. The number of rotatable bonds is 1. The SMILES string of the molecule is [c]1ccc(C2CCCCC2)o1. The van der Waals surface area contributed by atoms with Crippen molar-refractivity contribution in [2.45, 2.75) is 38.0 Å². The summed E-state index contributed by atoms with van der Waals surface area (Å²) in [6.45, 7) is 0. The molecule has 0 bridgehead atoms. The molecule has 1 heterocycles. The number of furan rings is 1. The van der Waals surface area contributed by atoms with Crippen LogP contribution in [0.15, 0.2) is 16.5 Å². The first-order valence-corrected chi connectivity index (χ1v) is 4.42. The van der Waals surface area contributed by atoms with Gasteiger partial charge in [0.05, 0.1) is 0 Å². The van der Waals surface area contributed by atoms with Crippen molar-refractivity contribution in [1.29, 1.82) is 0 Å². The molecule has 0 spiro atoms. The average Bonchev–Trinajstić information content (AvgIpc) is 2.58. The maximum absolute atomic E-state index is 5.25. The van der Waals surface area contributed by atoms with E-state index in [1.54, 1.807) is 0 Å². The Balaban J connectivity index is 2.04. The summed E-state index contributed by atoms with van der Waals surface area (Å²) in [6, 6.07) is 3.92. The van der Waals surface area contributed by atoms with Crippen molar-refractivity contribution in [3.63, 3.8) is 0 Å². The Bertz CT molecular complexity index is 195. The highest BCUT2D eigenvalue weighted by Gasteiger charge is 2.17. The van der Waals surface area contributed by atoms with Gasteiger partial charge in [0.15, 0.2) is 6.26 Å². The van der Waals surface area contributed by atoms with Crippen LogP contribution in [0.2, 0.25) is 0 Å². The molecule has 11 heavy (non-hydrogen) atoms. The Morgan fingerprint density at radius 1 is 1.27 bits per heavy atom. The zero-order valence-electron chi connectivity index (χ0n) is 6.68. The molecule has 59 valence electrons. The van der Waals surface area contributed by atoms with E-state index in [4.69, 9.17) is 4.42 Å². The molecule has 1 heteroatoms. The molecule has 0 aliphatic heterocycles. The third-order valence-corrected chi connectivity index (χ3v) is 2.50. The fraction of sp³-hybridized carbons (Fsp3) is 0.600. The maximum Gasteiger partial charge on any atom is 0.169 e. The van der Waals surface area contributed by atoms with E-state index in [0.717, 1.165) is 5.76 Å². The predicted octanol–water partition coefficient (Wildman–Crippen LogP) is 3.13. The highest BCUT2D eigenvalue weighted by Crippen LogP contribution is 2.32. The number of hydrogen-bond acceptors (Lipinski definition) is 1. The first-order chi connectivity index (χ1) is 5.47. The van der Waals surface area contributed by atoms with E-state index in [2.05, 4.69) is 12.3 Å². The molecule has 1 nitrogen and oxygen atoms in total. The standard InChI is InChI=1S/C10H13O/c1-2-5-9(6-3-1)10-7-4-8-11-10/h4,7,9H,1-3,5-6H2. The molecule has 1 fully saturated rings. The predicted molar refractivity (Wildman–Crippen MR) is 43.4 cm³/mol. The minimum absolute atomic E-state index is 0.690. The molecule has 0 aromatic carbocycles. The Morgan fingerprint density at radius 2 is 2.09 bits per heavy atom. The molecule has 1 aromatic heterocycles. The molecule has 0 saturated heterocycles. The zero-order valence-corrected chi connectivity index (χ0v) is 6.68. The van der Waals surface area contributed by atoms with Gasteiger partial charge in [0.2, 0.25) is 0 Å². The van der Waals surface area contributed by atoms with E-state index in [9.17, 15) is 0 Å². The minimum atomic E-state index is 0.690. The van der Waals surface area contributed by atoms with Crippen LogP contribution < -0.4 is 0 Å². The van der Waals surface area contributed by atoms with Crippen LogP contribution in [0.25, 0.3) is 0 Å². The van der Waals surface area contributed by atoms with Gasteiger partial charge < -0.3 is 4.42 Å². The zero-order chi connectivity index (χ0) is 7.52. The minimum Gasteiger partial charge on any atom is -0.458 e. The molecule has 1 radical (unpaired) electrons. The molecule has 2 rings (SSSR count). The van der Waals surface area contributed by atoms with E-state index in [0.29, 0.717) is 5.92 Å². The normalized spacial score (nSPS) is 20.4. The lowest BCUT2D eigenvalue weighted by molar-refractivity contribution is 0.372. The fourth-order valence-corrected chi connectivity index (χ4v) is 1.86. The van der Waals surface area contributed by atoms with E-state index >= 15 is 0 Å². The van der Waals surface area contributed by atoms with Crippen LogP contribution >= 0.6 is 0 Å². The van der Waals surface area contributed by atoms with Crippen molar-refractivity contribution in [3.8, 4) is 0 Å². The molecule has 0 unspecified atom stereocenters. The van der Waals surface area contributed by atoms with Crippen LogP contribution in [0.3, 0.4) is 0 Å². The van der Waals surface area contributed by atoms with E-state index in [1.807, 2.05) is 6.07 Å². The van der Waals surface area contributed by atoms with Gasteiger partial charge in [0.1, 0.15) is 5.76 Å². The number of hydrogen-bond donors (Lipinski definition) is 0. The smallest absolute Gasteiger partial charge is 0.169 e. The first kappa shape index (κ1) is 6.96. The summed E-state index contributed by atoms with van der Waals surface area (Å²) in [6.07, 6.45) is 9.50. The topological polar surface area (TPSA) is 13.1 Å². The van der Waals surface area contributed by atoms with Crippen molar-refractivity contribution < 1.29 is 4.42 Å². The lowest BCUT2D eigenvalue weighted by Gasteiger charge is -2.18. The second-order valence-corrected chi connectivity index (χ2v) is 3.29. The highest BCUT2D eigenvalue weighted by molar-refractivity contribution is 5.05. The van der Waals surface area contributed by atoms with Crippen LogP contribution in [0.4, 0.5) is 0 Å². The van der Waals surface area contributed by atoms with E-state index < -0.39 is 0 Å². The highest BCUT2D eigenvalue weighted by atomic mass is 16.3. The van der Waals surface area contributed by atoms with Gasteiger partial charge >= 0.3 is 0 Å². The first-order valence-electron chi connectivity index (χ1n) is 4.42. The summed E-state index contributed by atoms with van der Waals surface area (Å²) in [7, 11) is 0. The van der Waals surface area contributed by atoms with Crippen molar-refractivity contribution in [2.24, 2.45) is 0 Å². The van der Waals surface area contributed by atoms with E-state index in [-0.39, 0.29) is 0 Å². The largest absolute Gasteiger partial charge is 0.458 e. The van der Waals surface area contributed by atoms with Gasteiger partial charge in [0, 0.05) is 5.92 Å². The van der Waals surface area contributed by atoms with Gasteiger partial charge in [-0.15, -0.1) is 0 Å². The van der Waals surface area contributed by atoms with Gasteiger partial charge in [-0.05, 0) is 25.0 Å². The van der Waals surface area contributed by atoms with Crippen LogP contribution in [0.5, 0.6) is 0 Å². The van der Waals surface area contributed by atoms with E-state index in [1.165, 1.54) is 32.1 Å². The summed E-state index contributed by atoms with van der Waals surface area (Å²) in [5, 5.41) is 0. The molecule has 1 aromatic rings. The molecule has 0 amide bonds. The Morgan fingerprint density at radius 3 is 2.73 bits per heavy atom. The van der Waals surface area contributed by atoms with Crippen LogP contribution in [-0.4, -0.2) is 0 Å². The van der Waals surface area contributed by atoms with Crippen LogP contribution in [-0.2, 0) is 0 Å². The monoisotopic (exact) mass is 149 g/mol. The van der Waals surface area contributed by atoms with Gasteiger partial charge in [-0.1, -0.05) is 19.3 Å². The second-order valence-electron chi connectivity index (χ2n) is 3.29. The van der Waals surface area contributed by atoms with Crippen LogP contribution in [0, 0.1) is 6.26 Å². The van der Waals surface area contributed by atoms with Gasteiger partial charge in [0.25, 0.3) is 0 Å². The quantitative estimate of drug-likeness (QED) is 0.598. The van der Waals surface area contributed by atoms with Gasteiger partial charge in [-0.25, -0.2) is 0 Å². The molecular weight excluding hydrogens is 136 g/mol. The molecule has 1 aliphatic carbocycles. The fourth-order valence-electron chi connectivity index (χ4n) is 1.86. The van der Waals surface area contributed by atoms with Crippen molar-refractivity contribution in [2.75, 3.05) is 0 Å². The molecule has 1 saturated carbocycles. The Kier molecular flexibility index (Phi) is 1.97. The molecule has 1 aliphatic rings. The van der Waals surface area contributed by atoms with Gasteiger partial charge in [-0.3, -0.25) is 0 Å². The van der Waals surface area contributed by atoms with Crippen molar-refractivity contribution in [1.82, 2.24) is 0 Å². The molecule has 0 N–H and O–H groups in total. The van der Waals surface area contributed by atoms with Crippen molar-refractivity contribution in [3.05, 3.63) is 24.2 Å². The lowest BCUT2D eigenvalue weighted by atomic mass is 9.88. The second kappa shape index (κ2) is 3.12. The summed E-state index contributed by atoms with van der Waals surface area (Å²) >= 11 is 0. The molecule has 0 atom stereocenters. The van der Waals surface area contributed by atoms with Crippen LogP contribution in [0.1, 0.15) is 43.8 Å². The maximum atomic E-state index is 5.25. The van der Waals surface area contributed by atoms with Gasteiger partial charge in [-0.2, -0.15) is 0 Å². The third-order valence-electron chi connectivity index (χ3n) is 2.50. The molecular formula is C10H13O. The summed E-state index contributed by atoms with van der Waals surface area (Å²) in [4.78, 5) is 0. The summed E-state index contributed by atoms with van der Waals surface area (Å²) < 4.78 is 5.25. The summed E-state index contributed by atoms with van der Waals surface area (Å²) in [5.41, 5.74) is 0. The summed E-state index contributed by atoms with van der Waals surface area (Å²) in [5.74, 6) is 1.83. The Labute approximate surface area is 67.4 Å².